The molecule has 1 atom stereocenters. The number of anilines is 4. The molecule has 11 nitrogen and oxygen atoms in total. The Morgan fingerprint density at radius 1 is 0.900 bits per heavy atom. The van der Waals surface area contributed by atoms with E-state index >= 15 is 0 Å². The van der Waals surface area contributed by atoms with Crippen LogP contribution in [0.4, 0.5) is 23.0 Å². The van der Waals surface area contributed by atoms with Crippen LogP contribution in [0.1, 0.15) is 12.8 Å². The Bertz CT molecular complexity index is 1640. The van der Waals surface area contributed by atoms with E-state index < -0.39 is 10.0 Å². The van der Waals surface area contributed by atoms with E-state index in [-0.39, 0.29) is 28.5 Å². The molecule has 3 N–H and O–H groups in total. The Hall–Kier alpha value is -4.42. The number of benzene rings is 3. The van der Waals surface area contributed by atoms with Crippen molar-refractivity contribution in [3.63, 3.8) is 0 Å². The van der Waals surface area contributed by atoms with Gasteiger partial charge in [0.2, 0.25) is 5.91 Å². The summed E-state index contributed by atoms with van der Waals surface area (Å²) in [6.07, 6.45) is 1.70. The Morgan fingerprint density at radius 2 is 1.57 bits per heavy atom. The first kappa shape index (κ1) is 27.2. The van der Waals surface area contributed by atoms with E-state index in [1.807, 2.05) is 18.0 Å². The zero-order chi connectivity index (χ0) is 28.3. The van der Waals surface area contributed by atoms with Crippen LogP contribution >= 0.6 is 0 Å². The molecule has 0 spiro atoms. The van der Waals surface area contributed by atoms with Crippen LogP contribution in [0.5, 0.6) is 11.5 Å². The summed E-state index contributed by atoms with van der Waals surface area (Å²) >= 11 is 0. The molecule has 5 rings (SSSR count). The van der Waals surface area contributed by atoms with Crippen molar-refractivity contribution in [3.8, 4) is 11.5 Å². The molecule has 0 saturated carbocycles. The summed E-state index contributed by atoms with van der Waals surface area (Å²) in [6, 6.07) is 18.2. The van der Waals surface area contributed by atoms with Gasteiger partial charge >= 0.3 is 0 Å². The Balaban J connectivity index is 1.46. The molecule has 0 aliphatic carbocycles. The van der Waals surface area contributed by atoms with Crippen molar-refractivity contribution in [2.75, 3.05) is 43.2 Å². The van der Waals surface area contributed by atoms with Gasteiger partial charge in [0.1, 0.15) is 11.5 Å². The molecule has 1 amide bonds. The fourth-order valence-electron chi connectivity index (χ4n) is 4.57. The van der Waals surface area contributed by atoms with Crippen molar-refractivity contribution >= 4 is 50.0 Å². The number of likely N-dealkylation sites (tertiary alicyclic amines) is 1. The molecular weight excluding hydrogens is 532 g/mol. The fourth-order valence-corrected chi connectivity index (χ4v) is 5.62. The SMILES string of the molecule is COc1cc(Nc2nc3ccccc3nc2NS(=O)(=O)c2cccc(NC(=O)C3CCCN3C)c2)cc(OC)c1. The number of hydrogen-bond acceptors (Lipinski definition) is 9. The van der Waals surface area contributed by atoms with Crippen LogP contribution in [0.3, 0.4) is 0 Å². The number of likely N-dealkylation sites (N-methyl/N-ethyl adjacent to an activating group) is 1. The summed E-state index contributed by atoms with van der Waals surface area (Å²) < 4.78 is 40.3. The number of fused-ring (bicyclic) bond motifs is 1. The standard InChI is InChI=1S/C28H30N6O5S/c1-34-13-7-12-25(34)28(35)30-18-8-6-9-22(16-18)40(36,37)33-27-26(31-23-10-4-5-11-24(23)32-27)29-19-14-20(38-2)17-21(15-19)39-3/h4-6,8-11,14-17,25H,7,12-13H2,1-3H3,(H,29,31)(H,30,35)(H,32,33). The van der Waals surface area contributed by atoms with E-state index in [2.05, 4.69) is 25.3 Å². The van der Waals surface area contributed by atoms with E-state index in [0.29, 0.717) is 33.9 Å². The highest BCUT2D eigenvalue weighted by Crippen LogP contribution is 2.31. The molecule has 3 aromatic carbocycles. The summed E-state index contributed by atoms with van der Waals surface area (Å²) in [4.78, 5) is 23.9. The lowest BCUT2D eigenvalue weighted by atomic mass is 10.2. The van der Waals surface area contributed by atoms with Crippen LogP contribution in [0, 0.1) is 0 Å². The molecule has 1 unspecified atom stereocenters. The second-order valence-electron chi connectivity index (χ2n) is 9.40. The number of nitrogens with zero attached hydrogens (tertiary/aromatic N) is 3. The van der Waals surface area contributed by atoms with Crippen molar-refractivity contribution in [3.05, 3.63) is 66.7 Å². The molecule has 208 valence electrons. The summed E-state index contributed by atoms with van der Waals surface area (Å²) in [5, 5.41) is 5.98. The quantitative estimate of drug-likeness (QED) is 0.274. The van der Waals surface area contributed by atoms with E-state index in [9.17, 15) is 13.2 Å². The number of rotatable bonds is 9. The molecule has 1 aliphatic heterocycles. The zero-order valence-electron chi connectivity index (χ0n) is 22.3. The molecule has 1 aliphatic rings. The van der Waals surface area contributed by atoms with Gasteiger partial charge in [-0.15, -0.1) is 0 Å². The van der Waals surface area contributed by atoms with Gasteiger partial charge in [-0.1, -0.05) is 18.2 Å². The van der Waals surface area contributed by atoms with Gasteiger partial charge in [0.05, 0.1) is 36.2 Å². The number of ether oxygens (including phenoxy) is 2. The minimum atomic E-state index is -4.11. The maximum Gasteiger partial charge on any atom is 0.263 e. The Morgan fingerprint density at radius 3 is 2.20 bits per heavy atom. The maximum absolute atomic E-state index is 13.5. The Kier molecular flexibility index (Phi) is 7.71. The number of nitrogens with one attached hydrogen (secondary N) is 3. The number of amides is 1. The van der Waals surface area contributed by atoms with Crippen LogP contribution in [0.25, 0.3) is 11.0 Å². The van der Waals surface area contributed by atoms with Crippen molar-refractivity contribution in [2.45, 2.75) is 23.8 Å². The van der Waals surface area contributed by atoms with Gasteiger partial charge in [-0.3, -0.25) is 14.4 Å². The molecule has 12 heteroatoms. The topological polar surface area (TPSA) is 135 Å². The number of carbonyl (C=O) groups is 1. The summed E-state index contributed by atoms with van der Waals surface area (Å²) in [5.41, 5.74) is 2.03. The Labute approximate surface area is 232 Å². The van der Waals surface area contributed by atoms with Crippen molar-refractivity contribution in [1.29, 1.82) is 0 Å². The van der Waals surface area contributed by atoms with Crippen molar-refractivity contribution < 1.29 is 22.7 Å². The van der Waals surface area contributed by atoms with Gasteiger partial charge in [-0.2, -0.15) is 0 Å². The molecule has 4 aromatic rings. The van der Waals surface area contributed by atoms with Crippen LogP contribution in [-0.2, 0) is 14.8 Å². The highest BCUT2D eigenvalue weighted by Gasteiger charge is 2.28. The van der Waals surface area contributed by atoms with Crippen LogP contribution < -0.4 is 24.8 Å². The predicted molar refractivity (Wildman–Crippen MR) is 154 cm³/mol. The van der Waals surface area contributed by atoms with E-state index in [4.69, 9.17) is 9.47 Å². The molecule has 40 heavy (non-hydrogen) atoms. The summed E-state index contributed by atoms with van der Waals surface area (Å²) in [7, 11) is 0.865. The second-order valence-corrected chi connectivity index (χ2v) is 11.1. The minimum Gasteiger partial charge on any atom is -0.497 e. The van der Waals surface area contributed by atoms with Crippen LogP contribution in [0.2, 0.25) is 0 Å². The average Bonchev–Trinajstić information content (AvgIpc) is 3.39. The number of methoxy groups -OCH3 is 2. The highest BCUT2D eigenvalue weighted by atomic mass is 32.2. The zero-order valence-corrected chi connectivity index (χ0v) is 23.2. The number of sulfonamides is 1. The monoisotopic (exact) mass is 562 g/mol. The molecule has 1 saturated heterocycles. The first-order valence-corrected chi connectivity index (χ1v) is 14.1. The summed E-state index contributed by atoms with van der Waals surface area (Å²) in [6.45, 7) is 0.849. The highest BCUT2D eigenvalue weighted by molar-refractivity contribution is 7.92. The molecule has 0 bridgehead atoms. The molecule has 2 heterocycles. The third-order valence-corrected chi connectivity index (χ3v) is 7.99. The number of carbonyl (C=O) groups excluding carboxylic acids is 1. The second kappa shape index (κ2) is 11.4. The van der Waals surface area contributed by atoms with Crippen molar-refractivity contribution in [2.24, 2.45) is 0 Å². The van der Waals surface area contributed by atoms with Gasteiger partial charge in [0.15, 0.2) is 11.6 Å². The third-order valence-electron chi connectivity index (χ3n) is 6.65. The molecule has 1 aromatic heterocycles. The van der Waals surface area contributed by atoms with Gasteiger partial charge in [0.25, 0.3) is 10.0 Å². The van der Waals surface area contributed by atoms with E-state index in [1.54, 1.807) is 48.5 Å². The minimum absolute atomic E-state index is 0.00232. The van der Waals surface area contributed by atoms with E-state index in [1.165, 1.54) is 26.4 Å². The number of aromatic nitrogens is 2. The average molecular weight is 563 g/mol. The van der Waals surface area contributed by atoms with Gasteiger partial charge in [-0.25, -0.2) is 18.4 Å². The van der Waals surface area contributed by atoms with Crippen LogP contribution in [0.15, 0.2) is 71.6 Å². The lowest BCUT2D eigenvalue weighted by molar-refractivity contribution is -0.119. The molecular formula is C28H30N6O5S. The third kappa shape index (κ3) is 5.92. The summed E-state index contributed by atoms with van der Waals surface area (Å²) in [5.74, 6) is 1.11. The predicted octanol–water partition coefficient (Wildman–Crippen LogP) is 4.22. The van der Waals surface area contributed by atoms with Gasteiger partial charge in [-0.05, 0) is 56.8 Å². The van der Waals surface area contributed by atoms with E-state index in [0.717, 1.165) is 19.4 Å². The van der Waals surface area contributed by atoms with Gasteiger partial charge < -0.3 is 20.1 Å². The first-order valence-electron chi connectivity index (χ1n) is 12.7. The smallest absolute Gasteiger partial charge is 0.263 e. The number of hydrogen-bond donors (Lipinski definition) is 3. The normalized spacial score (nSPS) is 15.5. The largest absolute Gasteiger partial charge is 0.497 e. The van der Waals surface area contributed by atoms with Crippen LogP contribution in [-0.4, -0.2) is 63.0 Å². The van der Waals surface area contributed by atoms with Crippen molar-refractivity contribution in [1.82, 2.24) is 14.9 Å². The molecule has 0 radical (unpaired) electrons. The van der Waals surface area contributed by atoms with Gasteiger partial charge in [0, 0.05) is 29.6 Å². The fraction of sp³-hybridized carbons (Fsp3) is 0.250. The maximum atomic E-state index is 13.5. The molecule has 1 fully saturated rings. The number of para-hydroxylation sites is 2. The first-order chi connectivity index (χ1) is 19.3. The lowest BCUT2D eigenvalue weighted by Gasteiger charge is -2.19. The lowest BCUT2D eigenvalue weighted by Crippen LogP contribution is -2.37.